The molecular formula is C29H32F3N3O4. The maximum Gasteiger partial charge on any atom is 0.274 e. The van der Waals surface area contributed by atoms with E-state index in [1.54, 1.807) is 24.3 Å². The van der Waals surface area contributed by atoms with Crippen LogP contribution in [-0.2, 0) is 25.7 Å². The fourth-order valence-electron chi connectivity index (χ4n) is 4.45. The van der Waals surface area contributed by atoms with E-state index in [9.17, 15) is 23.2 Å². The molecule has 0 aromatic heterocycles. The highest BCUT2D eigenvalue weighted by Crippen LogP contribution is 2.31. The van der Waals surface area contributed by atoms with Gasteiger partial charge in [-0.25, -0.2) is 13.2 Å². The molecule has 2 fully saturated rings. The Morgan fingerprint density at radius 2 is 2.08 bits per heavy atom. The van der Waals surface area contributed by atoms with E-state index in [1.165, 1.54) is 29.0 Å². The van der Waals surface area contributed by atoms with Crippen LogP contribution in [-0.4, -0.2) is 59.8 Å². The van der Waals surface area contributed by atoms with Crippen LogP contribution in [0.4, 0.5) is 13.2 Å². The molecule has 7 nitrogen and oxygen atoms in total. The lowest BCUT2D eigenvalue weighted by Crippen LogP contribution is -2.55. The van der Waals surface area contributed by atoms with Crippen LogP contribution in [0.3, 0.4) is 0 Å². The predicted octanol–water partition coefficient (Wildman–Crippen LogP) is 4.25. The van der Waals surface area contributed by atoms with Gasteiger partial charge in [0.2, 0.25) is 5.91 Å². The average molecular weight is 544 g/mol. The number of nitrogens with one attached hydrogen (secondary N) is 1. The van der Waals surface area contributed by atoms with Crippen molar-refractivity contribution in [3.63, 3.8) is 0 Å². The van der Waals surface area contributed by atoms with Crippen LogP contribution in [0.15, 0.2) is 77.9 Å². The number of carbonyl (C=O) groups excluding carboxylic acids is 3. The predicted molar refractivity (Wildman–Crippen MR) is 140 cm³/mol. The summed E-state index contributed by atoms with van der Waals surface area (Å²) in [5.74, 6) is -2.97. The first kappa shape index (κ1) is 29.5. The molecule has 0 aliphatic carbocycles. The third-order valence-electron chi connectivity index (χ3n) is 6.43. The van der Waals surface area contributed by atoms with Gasteiger partial charge in [-0.2, -0.15) is 0 Å². The second-order valence-electron chi connectivity index (χ2n) is 9.21. The molecular weight excluding hydrogens is 511 g/mol. The van der Waals surface area contributed by atoms with Crippen molar-refractivity contribution >= 4 is 18.1 Å². The van der Waals surface area contributed by atoms with Crippen LogP contribution in [0.1, 0.15) is 32.3 Å². The molecule has 2 unspecified atom stereocenters. The van der Waals surface area contributed by atoms with Gasteiger partial charge in [-0.1, -0.05) is 36.9 Å². The van der Waals surface area contributed by atoms with Crippen molar-refractivity contribution in [2.45, 2.75) is 45.4 Å². The van der Waals surface area contributed by atoms with Gasteiger partial charge < -0.3 is 19.9 Å². The summed E-state index contributed by atoms with van der Waals surface area (Å²) in [6, 6.07) is 2.16. The van der Waals surface area contributed by atoms with E-state index in [4.69, 9.17) is 4.74 Å². The van der Waals surface area contributed by atoms with Crippen molar-refractivity contribution in [2.75, 3.05) is 19.7 Å². The number of halogens is 3. The van der Waals surface area contributed by atoms with E-state index in [-0.39, 0.29) is 48.7 Å². The molecule has 2 heterocycles. The van der Waals surface area contributed by atoms with Crippen molar-refractivity contribution in [2.24, 2.45) is 0 Å². The van der Waals surface area contributed by atoms with Crippen LogP contribution >= 0.6 is 0 Å². The number of carbonyl (C=O) groups is 3. The van der Waals surface area contributed by atoms with Gasteiger partial charge in [0.1, 0.15) is 24.4 Å². The largest absolute Gasteiger partial charge is 0.483 e. The Balaban J connectivity index is 1.95. The molecule has 2 aliphatic rings. The highest BCUT2D eigenvalue weighted by molar-refractivity contribution is 5.99. The monoisotopic (exact) mass is 543 g/mol. The normalized spacial score (nSPS) is 21.5. The van der Waals surface area contributed by atoms with Gasteiger partial charge in [-0.15, -0.1) is 0 Å². The van der Waals surface area contributed by atoms with E-state index in [2.05, 4.69) is 11.9 Å². The Morgan fingerprint density at radius 1 is 1.31 bits per heavy atom. The molecule has 39 heavy (non-hydrogen) atoms. The highest BCUT2D eigenvalue weighted by Gasteiger charge is 2.43. The van der Waals surface area contributed by atoms with Gasteiger partial charge in [-0.05, 0) is 38.3 Å². The number of hydrogen-bond donors (Lipinski definition) is 1. The van der Waals surface area contributed by atoms with Crippen molar-refractivity contribution in [3.8, 4) is 0 Å². The molecule has 10 heteroatoms. The van der Waals surface area contributed by atoms with E-state index in [1.807, 2.05) is 6.92 Å². The van der Waals surface area contributed by atoms with Crippen LogP contribution < -0.4 is 5.32 Å². The average Bonchev–Trinajstić information content (AvgIpc) is 3.08. The lowest BCUT2D eigenvalue weighted by Gasteiger charge is -2.41. The molecule has 2 atom stereocenters. The molecule has 2 saturated heterocycles. The number of piperazine rings is 1. The molecule has 1 aromatic rings. The summed E-state index contributed by atoms with van der Waals surface area (Å²) in [5.41, 5.74) is 0.679. The first-order chi connectivity index (χ1) is 18.7. The summed E-state index contributed by atoms with van der Waals surface area (Å²) in [6.07, 6.45) is 7.79. The minimum Gasteiger partial charge on any atom is -0.483 e. The van der Waals surface area contributed by atoms with E-state index >= 15 is 4.39 Å². The number of aldehydes is 1. The third-order valence-corrected chi connectivity index (χ3v) is 6.43. The summed E-state index contributed by atoms with van der Waals surface area (Å²) < 4.78 is 48.2. The zero-order chi connectivity index (χ0) is 28.5. The Morgan fingerprint density at radius 3 is 2.74 bits per heavy atom. The van der Waals surface area contributed by atoms with E-state index in [0.717, 1.165) is 6.07 Å². The summed E-state index contributed by atoms with van der Waals surface area (Å²) in [7, 11) is 0. The Hall–Kier alpha value is -4.08. The number of allylic oxidation sites excluding steroid dienone is 4. The maximum absolute atomic E-state index is 15.3. The molecule has 1 N–H and O–H groups in total. The Kier molecular flexibility index (Phi) is 10.3. The number of ether oxygens (including phenoxy) is 1. The smallest absolute Gasteiger partial charge is 0.274 e. The van der Waals surface area contributed by atoms with Gasteiger partial charge in [0, 0.05) is 43.0 Å². The Labute approximate surface area is 226 Å². The quantitative estimate of drug-likeness (QED) is 0.207. The highest BCUT2D eigenvalue weighted by atomic mass is 19.1. The SMILES string of the molecule is C=C/C=C(\C=C/C)CO/C(C=O)=C1\C(=O)N2CCCC(F)C(C2)N1/C=C(\C)C(=O)NCc1ccc(F)cc1F. The second-order valence-corrected chi connectivity index (χ2v) is 9.21. The lowest BCUT2D eigenvalue weighted by atomic mass is 10.0. The number of alkyl halides is 1. The zero-order valence-corrected chi connectivity index (χ0v) is 22.0. The fourth-order valence-corrected chi connectivity index (χ4v) is 4.45. The van der Waals surface area contributed by atoms with Gasteiger partial charge >= 0.3 is 0 Å². The van der Waals surface area contributed by atoms with Gasteiger partial charge in [0.05, 0.1) is 6.04 Å². The molecule has 0 radical (unpaired) electrons. The third kappa shape index (κ3) is 7.28. The standard InChI is InChI=1S/C29H32F3N3O4/c1-4-7-20(8-5-2)18-39-26(17-36)27-29(38)34-12-6-9-23(31)25(16-34)35(27)15-19(3)28(37)33-14-21-10-11-22(30)13-24(21)32/h4-5,7-8,10-11,13,15,17,23,25H,1,6,9,12,14,16,18H2,2-3H3,(H,33,37)/b8-5-,19-15+,20-7+,27-26+. The molecule has 3 rings (SSSR count). The van der Waals surface area contributed by atoms with Crippen molar-refractivity contribution in [1.29, 1.82) is 0 Å². The molecule has 1 aromatic carbocycles. The topological polar surface area (TPSA) is 79.0 Å². The van der Waals surface area contributed by atoms with E-state index < -0.39 is 35.7 Å². The van der Waals surface area contributed by atoms with Crippen LogP contribution in [0, 0.1) is 11.6 Å². The number of hydrogen-bond acceptors (Lipinski definition) is 5. The summed E-state index contributed by atoms with van der Waals surface area (Å²) in [6.45, 7) is 7.04. The van der Waals surface area contributed by atoms with Gasteiger partial charge in [-0.3, -0.25) is 14.4 Å². The molecule has 2 amide bonds. The Bertz CT molecular complexity index is 1240. The number of benzene rings is 1. The molecule has 208 valence electrons. The van der Waals surface area contributed by atoms with Crippen LogP contribution in [0.5, 0.6) is 0 Å². The number of nitrogens with zero attached hydrogens (tertiary/aromatic N) is 2. The number of amides is 2. The van der Waals surface area contributed by atoms with Crippen molar-refractivity contribution in [1.82, 2.24) is 15.1 Å². The van der Waals surface area contributed by atoms with Crippen LogP contribution in [0.2, 0.25) is 0 Å². The van der Waals surface area contributed by atoms with Crippen LogP contribution in [0.25, 0.3) is 0 Å². The van der Waals surface area contributed by atoms with Gasteiger partial charge in [0.15, 0.2) is 17.7 Å². The lowest BCUT2D eigenvalue weighted by molar-refractivity contribution is -0.133. The van der Waals surface area contributed by atoms with Crippen molar-refractivity contribution < 1.29 is 32.3 Å². The van der Waals surface area contributed by atoms with E-state index in [0.29, 0.717) is 30.9 Å². The number of fused-ring (bicyclic) bond motifs is 2. The molecule has 2 aliphatic heterocycles. The maximum atomic E-state index is 15.3. The summed E-state index contributed by atoms with van der Waals surface area (Å²) >= 11 is 0. The van der Waals surface area contributed by atoms with Crippen molar-refractivity contribution in [3.05, 3.63) is 95.1 Å². The molecule has 2 bridgehead atoms. The second kappa shape index (κ2) is 13.6. The minimum atomic E-state index is -1.34. The molecule has 0 spiro atoms. The first-order valence-electron chi connectivity index (χ1n) is 12.6. The van der Waals surface area contributed by atoms with Gasteiger partial charge in [0.25, 0.3) is 5.91 Å². The molecule has 0 saturated carbocycles. The first-order valence-corrected chi connectivity index (χ1v) is 12.6. The summed E-state index contributed by atoms with van der Waals surface area (Å²) in [4.78, 5) is 41.2. The zero-order valence-electron chi connectivity index (χ0n) is 22.0. The summed E-state index contributed by atoms with van der Waals surface area (Å²) in [5, 5.41) is 2.54. The fraction of sp³-hybridized carbons (Fsp3) is 0.345. The minimum absolute atomic E-state index is 0.0504. The number of rotatable bonds is 10.